The molecule has 0 aliphatic heterocycles. The highest BCUT2D eigenvalue weighted by Gasteiger charge is 2.01. The van der Waals surface area contributed by atoms with E-state index in [1.165, 1.54) is 0 Å². The summed E-state index contributed by atoms with van der Waals surface area (Å²) in [4.78, 5) is 11.0. The van der Waals surface area contributed by atoms with Crippen molar-refractivity contribution in [2.75, 3.05) is 6.54 Å². The van der Waals surface area contributed by atoms with E-state index in [1.807, 2.05) is 20.8 Å². The molecule has 1 N–H and O–H groups in total. The van der Waals surface area contributed by atoms with Gasteiger partial charge in [0.1, 0.15) is 0 Å². The molecule has 0 heterocycles. The van der Waals surface area contributed by atoms with E-state index >= 15 is 0 Å². The van der Waals surface area contributed by atoms with Gasteiger partial charge in [0.25, 0.3) is 0 Å². The average molecular weight is 155 g/mol. The molecule has 11 heavy (non-hydrogen) atoms. The topological polar surface area (TPSA) is 29.1 Å². The standard InChI is InChI=1S/C9H17NO/c1-7(2)5-9(11)6-10-8(3)4/h8,10H,1,5-6H2,2-4H3. The first-order valence-electron chi connectivity index (χ1n) is 3.92. The third-order valence-corrected chi connectivity index (χ3v) is 1.21. The highest BCUT2D eigenvalue weighted by molar-refractivity contribution is 5.82. The van der Waals surface area contributed by atoms with Crippen molar-refractivity contribution in [1.29, 1.82) is 0 Å². The second-order valence-electron chi connectivity index (χ2n) is 3.21. The van der Waals surface area contributed by atoms with Crippen molar-refractivity contribution in [2.24, 2.45) is 0 Å². The molecular formula is C9H17NO. The monoisotopic (exact) mass is 155 g/mol. The highest BCUT2D eigenvalue weighted by atomic mass is 16.1. The number of nitrogens with one attached hydrogen (secondary N) is 1. The predicted molar refractivity (Wildman–Crippen MR) is 47.6 cm³/mol. The Morgan fingerprint density at radius 1 is 1.55 bits per heavy atom. The minimum Gasteiger partial charge on any atom is -0.308 e. The van der Waals surface area contributed by atoms with Crippen molar-refractivity contribution in [1.82, 2.24) is 5.32 Å². The van der Waals surface area contributed by atoms with E-state index < -0.39 is 0 Å². The lowest BCUT2D eigenvalue weighted by Crippen LogP contribution is -2.29. The Labute approximate surface area is 68.7 Å². The second kappa shape index (κ2) is 5.08. The fraction of sp³-hybridized carbons (Fsp3) is 0.667. The van der Waals surface area contributed by atoms with Crippen molar-refractivity contribution in [3.63, 3.8) is 0 Å². The summed E-state index contributed by atoms with van der Waals surface area (Å²) in [5.74, 6) is 0.214. The molecule has 0 radical (unpaired) electrons. The Morgan fingerprint density at radius 3 is 2.45 bits per heavy atom. The molecule has 0 unspecified atom stereocenters. The first-order chi connectivity index (χ1) is 5.02. The van der Waals surface area contributed by atoms with Gasteiger partial charge in [0.2, 0.25) is 0 Å². The van der Waals surface area contributed by atoms with Crippen LogP contribution in [0.15, 0.2) is 12.2 Å². The van der Waals surface area contributed by atoms with Gasteiger partial charge < -0.3 is 5.32 Å². The molecular weight excluding hydrogens is 138 g/mol. The number of allylic oxidation sites excluding steroid dienone is 1. The van der Waals surface area contributed by atoms with Crippen molar-refractivity contribution in [3.05, 3.63) is 12.2 Å². The molecule has 0 aromatic rings. The van der Waals surface area contributed by atoms with Gasteiger partial charge in [-0.15, -0.1) is 0 Å². The molecule has 0 fully saturated rings. The Bertz CT molecular complexity index is 150. The lowest BCUT2D eigenvalue weighted by atomic mass is 10.2. The fourth-order valence-electron chi connectivity index (χ4n) is 0.717. The number of carbonyl (C=O) groups excluding carboxylic acids is 1. The maximum Gasteiger partial charge on any atom is 0.150 e. The van der Waals surface area contributed by atoms with E-state index in [2.05, 4.69) is 11.9 Å². The summed E-state index contributed by atoms with van der Waals surface area (Å²) in [6.07, 6.45) is 0.500. The van der Waals surface area contributed by atoms with Crippen LogP contribution in [-0.2, 0) is 4.79 Å². The fourth-order valence-corrected chi connectivity index (χ4v) is 0.717. The molecule has 0 aliphatic carbocycles. The van der Waals surface area contributed by atoms with Gasteiger partial charge in [-0.25, -0.2) is 0 Å². The van der Waals surface area contributed by atoms with E-state index in [9.17, 15) is 4.79 Å². The largest absolute Gasteiger partial charge is 0.308 e. The van der Waals surface area contributed by atoms with Gasteiger partial charge in [0.05, 0.1) is 6.54 Å². The molecule has 0 spiro atoms. The quantitative estimate of drug-likeness (QED) is 0.610. The Balaban J connectivity index is 3.46. The number of hydrogen-bond donors (Lipinski definition) is 1. The molecule has 0 saturated carbocycles. The average Bonchev–Trinajstić information content (AvgIpc) is 1.82. The first-order valence-corrected chi connectivity index (χ1v) is 3.92. The third-order valence-electron chi connectivity index (χ3n) is 1.21. The van der Waals surface area contributed by atoms with E-state index in [0.29, 0.717) is 19.0 Å². The van der Waals surface area contributed by atoms with E-state index in [4.69, 9.17) is 0 Å². The van der Waals surface area contributed by atoms with Crippen LogP contribution in [-0.4, -0.2) is 18.4 Å². The van der Waals surface area contributed by atoms with Crippen LogP contribution >= 0.6 is 0 Å². The molecule has 0 bridgehead atoms. The maximum absolute atomic E-state index is 11.0. The van der Waals surface area contributed by atoms with E-state index in [0.717, 1.165) is 5.57 Å². The zero-order valence-electron chi connectivity index (χ0n) is 7.61. The van der Waals surface area contributed by atoms with Gasteiger partial charge in [0, 0.05) is 12.5 Å². The van der Waals surface area contributed by atoms with Gasteiger partial charge in [-0.05, 0) is 6.92 Å². The molecule has 0 atom stereocenters. The molecule has 0 rings (SSSR count). The van der Waals surface area contributed by atoms with Crippen molar-refractivity contribution in [2.45, 2.75) is 33.2 Å². The van der Waals surface area contributed by atoms with Crippen LogP contribution in [0.25, 0.3) is 0 Å². The van der Waals surface area contributed by atoms with Crippen molar-refractivity contribution < 1.29 is 4.79 Å². The predicted octanol–water partition coefficient (Wildman–Crippen LogP) is 1.52. The summed E-state index contributed by atoms with van der Waals surface area (Å²) in [5.41, 5.74) is 0.931. The van der Waals surface area contributed by atoms with Gasteiger partial charge >= 0.3 is 0 Å². The lowest BCUT2D eigenvalue weighted by molar-refractivity contribution is -0.117. The van der Waals surface area contributed by atoms with Crippen LogP contribution in [0.5, 0.6) is 0 Å². The summed E-state index contributed by atoms with van der Waals surface area (Å²) < 4.78 is 0. The van der Waals surface area contributed by atoms with Crippen LogP contribution in [0.1, 0.15) is 27.2 Å². The summed E-state index contributed by atoms with van der Waals surface area (Å²) in [5, 5.41) is 3.06. The molecule has 0 aliphatic rings. The number of ketones is 1. The molecule has 0 aromatic heterocycles. The van der Waals surface area contributed by atoms with E-state index in [1.54, 1.807) is 0 Å². The normalized spacial score (nSPS) is 10.2. The second-order valence-corrected chi connectivity index (χ2v) is 3.21. The Hall–Kier alpha value is -0.630. The number of carbonyl (C=O) groups is 1. The molecule has 64 valence electrons. The summed E-state index contributed by atoms with van der Waals surface area (Å²) in [6, 6.07) is 0.379. The minimum absolute atomic E-state index is 0.214. The van der Waals surface area contributed by atoms with Gasteiger partial charge in [-0.2, -0.15) is 0 Å². The molecule has 0 saturated heterocycles. The zero-order valence-corrected chi connectivity index (χ0v) is 7.61. The molecule has 2 heteroatoms. The van der Waals surface area contributed by atoms with Crippen LogP contribution in [0.3, 0.4) is 0 Å². The maximum atomic E-state index is 11.0. The summed E-state index contributed by atoms with van der Waals surface area (Å²) in [6.45, 7) is 10.0. The molecule has 0 aromatic carbocycles. The Morgan fingerprint density at radius 2 is 2.09 bits per heavy atom. The van der Waals surface area contributed by atoms with Gasteiger partial charge in [-0.1, -0.05) is 26.0 Å². The molecule has 2 nitrogen and oxygen atoms in total. The lowest BCUT2D eigenvalue weighted by Gasteiger charge is -2.06. The van der Waals surface area contributed by atoms with Crippen LogP contribution in [0.2, 0.25) is 0 Å². The van der Waals surface area contributed by atoms with Crippen molar-refractivity contribution in [3.8, 4) is 0 Å². The minimum atomic E-state index is 0.214. The smallest absolute Gasteiger partial charge is 0.150 e. The summed E-state index contributed by atoms with van der Waals surface area (Å²) in [7, 11) is 0. The summed E-state index contributed by atoms with van der Waals surface area (Å²) >= 11 is 0. The highest BCUT2D eigenvalue weighted by Crippen LogP contribution is 1.95. The van der Waals surface area contributed by atoms with Crippen molar-refractivity contribution >= 4 is 5.78 Å². The third kappa shape index (κ3) is 7.26. The number of Topliss-reactive ketones (excluding diaryl/α,β-unsaturated/α-hetero) is 1. The zero-order chi connectivity index (χ0) is 8.85. The first kappa shape index (κ1) is 10.4. The van der Waals surface area contributed by atoms with Gasteiger partial charge in [0.15, 0.2) is 5.78 Å². The van der Waals surface area contributed by atoms with E-state index in [-0.39, 0.29) is 5.78 Å². The van der Waals surface area contributed by atoms with Crippen LogP contribution < -0.4 is 5.32 Å². The van der Waals surface area contributed by atoms with Gasteiger partial charge in [-0.3, -0.25) is 4.79 Å². The Kier molecular flexibility index (Phi) is 4.79. The SMILES string of the molecule is C=C(C)CC(=O)CNC(C)C. The number of hydrogen-bond acceptors (Lipinski definition) is 2. The van der Waals surface area contributed by atoms with Crippen LogP contribution in [0.4, 0.5) is 0 Å². The van der Waals surface area contributed by atoms with Crippen LogP contribution in [0, 0.1) is 0 Å². The number of rotatable bonds is 5. The molecule has 0 amide bonds.